The zero-order valence-corrected chi connectivity index (χ0v) is 17.3. The molecule has 0 unspecified atom stereocenters. The van der Waals surface area contributed by atoms with E-state index < -0.39 is 0 Å². The zero-order valence-electron chi connectivity index (χ0n) is 17.3. The SMILES string of the molecule is CCOC(=O)CNc1ccccc1OCCOc1ccccc1NCC(=O)OCC. The second-order valence-corrected chi connectivity index (χ2v) is 6.01. The molecule has 0 spiro atoms. The Bertz CT molecular complexity index is 744. The Labute approximate surface area is 176 Å². The van der Waals surface area contributed by atoms with Gasteiger partial charge in [0.05, 0.1) is 24.6 Å². The summed E-state index contributed by atoms with van der Waals surface area (Å²) in [5.41, 5.74) is 1.39. The molecule has 0 heterocycles. The van der Waals surface area contributed by atoms with Gasteiger partial charge in [-0.1, -0.05) is 24.3 Å². The number of para-hydroxylation sites is 4. The molecule has 8 nitrogen and oxygen atoms in total. The molecule has 0 amide bonds. The summed E-state index contributed by atoms with van der Waals surface area (Å²) >= 11 is 0. The molecule has 0 saturated heterocycles. The van der Waals surface area contributed by atoms with Crippen molar-refractivity contribution in [1.82, 2.24) is 0 Å². The smallest absolute Gasteiger partial charge is 0.325 e. The van der Waals surface area contributed by atoms with Crippen molar-refractivity contribution >= 4 is 23.3 Å². The first-order valence-corrected chi connectivity index (χ1v) is 9.86. The quantitative estimate of drug-likeness (QED) is 0.380. The van der Waals surface area contributed by atoms with Crippen molar-refractivity contribution < 1.29 is 28.5 Å². The lowest BCUT2D eigenvalue weighted by Crippen LogP contribution is -2.18. The van der Waals surface area contributed by atoms with E-state index >= 15 is 0 Å². The summed E-state index contributed by atoms with van der Waals surface area (Å²) < 4.78 is 21.4. The van der Waals surface area contributed by atoms with Crippen LogP contribution in [0, 0.1) is 0 Å². The summed E-state index contributed by atoms with van der Waals surface area (Å²) in [5, 5.41) is 6.02. The first-order chi connectivity index (χ1) is 14.6. The van der Waals surface area contributed by atoms with Gasteiger partial charge < -0.3 is 29.6 Å². The lowest BCUT2D eigenvalue weighted by Gasteiger charge is -2.15. The maximum atomic E-state index is 11.5. The maximum Gasteiger partial charge on any atom is 0.325 e. The van der Waals surface area contributed by atoms with Gasteiger partial charge in [0.2, 0.25) is 0 Å². The fourth-order valence-corrected chi connectivity index (χ4v) is 2.54. The number of hydrogen-bond donors (Lipinski definition) is 2. The van der Waals surface area contributed by atoms with Crippen molar-refractivity contribution in [3.8, 4) is 11.5 Å². The van der Waals surface area contributed by atoms with E-state index in [1.54, 1.807) is 13.8 Å². The number of carbonyl (C=O) groups is 2. The minimum absolute atomic E-state index is 0.0597. The molecule has 0 atom stereocenters. The molecule has 30 heavy (non-hydrogen) atoms. The molecule has 0 saturated carbocycles. The Hall–Kier alpha value is -3.42. The molecule has 0 fully saturated rings. The van der Waals surface area contributed by atoms with Crippen molar-refractivity contribution in [2.24, 2.45) is 0 Å². The molecule has 0 aromatic heterocycles. The van der Waals surface area contributed by atoms with E-state index in [1.165, 1.54) is 0 Å². The molecule has 8 heteroatoms. The monoisotopic (exact) mass is 416 g/mol. The summed E-state index contributed by atoms with van der Waals surface area (Å²) in [6.45, 7) is 4.92. The lowest BCUT2D eigenvalue weighted by atomic mass is 10.3. The van der Waals surface area contributed by atoms with Crippen LogP contribution in [0.1, 0.15) is 13.8 Å². The number of rotatable bonds is 13. The molecular weight excluding hydrogens is 388 g/mol. The van der Waals surface area contributed by atoms with Gasteiger partial charge in [0, 0.05) is 0 Å². The Kier molecular flexibility index (Phi) is 9.85. The van der Waals surface area contributed by atoms with E-state index in [9.17, 15) is 9.59 Å². The van der Waals surface area contributed by atoms with E-state index in [1.807, 2.05) is 48.5 Å². The number of carbonyl (C=O) groups excluding carboxylic acids is 2. The molecule has 2 N–H and O–H groups in total. The van der Waals surface area contributed by atoms with Crippen molar-refractivity contribution in [2.45, 2.75) is 13.8 Å². The van der Waals surface area contributed by atoms with Gasteiger partial charge in [0.1, 0.15) is 37.8 Å². The van der Waals surface area contributed by atoms with Crippen molar-refractivity contribution in [3.63, 3.8) is 0 Å². The van der Waals surface area contributed by atoms with Crippen molar-refractivity contribution in [1.29, 1.82) is 0 Å². The number of anilines is 2. The molecule has 2 rings (SSSR count). The fourth-order valence-electron chi connectivity index (χ4n) is 2.54. The van der Waals surface area contributed by atoms with Gasteiger partial charge in [-0.25, -0.2) is 0 Å². The topological polar surface area (TPSA) is 95.1 Å². The second-order valence-electron chi connectivity index (χ2n) is 6.01. The van der Waals surface area contributed by atoms with Gasteiger partial charge >= 0.3 is 11.9 Å². The van der Waals surface area contributed by atoms with Crippen LogP contribution in [0.4, 0.5) is 11.4 Å². The van der Waals surface area contributed by atoms with E-state index in [0.29, 0.717) is 49.3 Å². The van der Waals surface area contributed by atoms with E-state index in [-0.39, 0.29) is 25.0 Å². The normalized spacial score (nSPS) is 10.1. The van der Waals surface area contributed by atoms with E-state index in [0.717, 1.165) is 0 Å². The largest absolute Gasteiger partial charge is 0.488 e. The van der Waals surface area contributed by atoms with Gasteiger partial charge in [-0.15, -0.1) is 0 Å². The zero-order chi connectivity index (χ0) is 21.6. The van der Waals surface area contributed by atoms with Crippen LogP contribution in [0.2, 0.25) is 0 Å². The Morgan fingerprint density at radius 3 is 1.50 bits per heavy atom. The van der Waals surface area contributed by atoms with Gasteiger partial charge in [-0.3, -0.25) is 9.59 Å². The predicted molar refractivity (Wildman–Crippen MR) is 114 cm³/mol. The van der Waals surface area contributed by atoms with Crippen LogP contribution in [0.25, 0.3) is 0 Å². The second kappa shape index (κ2) is 12.9. The highest BCUT2D eigenvalue weighted by Crippen LogP contribution is 2.25. The molecule has 0 aliphatic carbocycles. The molecule has 2 aromatic carbocycles. The molecule has 162 valence electrons. The maximum absolute atomic E-state index is 11.5. The Balaban J connectivity index is 1.83. The fraction of sp³-hybridized carbons (Fsp3) is 0.364. The first kappa shape index (κ1) is 22.9. The van der Waals surface area contributed by atoms with E-state index in [2.05, 4.69) is 10.6 Å². The standard InChI is InChI=1S/C22H28N2O6/c1-3-27-21(25)15-23-17-9-5-7-11-19(17)29-13-14-30-20-12-8-6-10-18(20)24-16-22(26)28-4-2/h5-12,23-24H,3-4,13-16H2,1-2H3. The Morgan fingerprint density at radius 1 is 0.700 bits per heavy atom. The average Bonchev–Trinajstić information content (AvgIpc) is 2.75. The van der Waals surface area contributed by atoms with Crippen LogP contribution < -0.4 is 20.1 Å². The van der Waals surface area contributed by atoms with Gasteiger partial charge in [-0.05, 0) is 38.1 Å². The summed E-state index contributed by atoms with van der Waals surface area (Å²) in [6, 6.07) is 14.7. The molecule has 2 aromatic rings. The highest BCUT2D eigenvalue weighted by molar-refractivity contribution is 5.76. The van der Waals surface area contributed by atoms with E-state index in [4.69, 9.17) is 18.9 Å². The average molecular weight is 416 g/mol. The molecule has 0 aliphatic heterocycles. The molecule has 0 radical (unpaired) electrons. The van der Waals surface area contributed by atoms with Crippen LogP contribution in [0.3, 0.4) is 0 Å². The third-order valence-corrected chi connectivity index (χ3v) is 3.83. The number of hydrogen-bond acceptors (Lipinski definition) is 8. The Morgan fingerprint density at radius 2 is 1.10 bits per heavy atom. The molecular formula is C22H28N2O6. The third-order valence-electron chi connectivity index (χ3n) is 3.83. The highest BCUT2D eigenvalue weighted by atomic mass is 16.5. The van der Waals surface area contributed by atoms with Crippen LogP contribution in [0.15, 0.2) is 48.5 Å². The van der Waals surface area contributed by atoms with Crippen molar-refractivity contribution in [3.05, 3.63) is 48.5 Å². The summed E-state index contributed by atoms with van der Waals surface area (Å²) in [4.78, 5) is 23.1. The van der Waals surface area contributed by atoms with Gasteiger partial charge in [-0.2, -0.15) is 0 Å². The van der Waals surface area contributed by atoms with Gasteiger partial charge in [0.15, 0.2) is 0 Å². The van der Waals surface area contributed by atoms with Crippen molar-refractivity contribution in [2.75, 3.05) is 50.2 Å². The van der Waals surface area contributed by atoms with Crippen LogP contribution in [0.5, 0.6) is 11.5 Å². The number of nitrogens with one attached hydrogen (secondary N) is 2. The number of benzene rings is 2. The van der Waals surface area contributed by atoms with Crippen LogP contribution in [-0.4, -0.2) is 51.5 Å². The number of ether oxygens (including phenoxy) is 4. The third kappa shape index (κ3) is 7.90. The highest BCUT2D eigenvalue weighted by Gasteiger charge is 2.08. The summed E-state index contributed by atoms with van der Waals surface area (Å²) in [7, 11) is 0. The van der Waals surface area contributed by atoms with Crippen LogP contribution in [-0.2, 0) is 19.1 Å². The molecule has 0 aliphatic rings. The molecule has 0 bridgehead atoms. The first-order valence-electron chi connectivity index (χ1n) is 9.86. The minimum Gasteiger partial charge on any atom is -0.488 e. The summed E-state index contributed by atoms with van der Waals surface area (Å²) in [6.07, 6.45) is 0. The number of esters is 2. The van der Waals surface area contributed by atoms with Gasteiger partial charge in [0.25, 0.3) is 0 Å². The summed E-state index contributed by atoms with van der Waals surface area (Å²) in [5.74, 6) is 0.559. The predicted octanol–water partition coefficient (Wildman–Crippen LogP) is 3.09. The van der Waals surface area contributed by atoms with Crippen LogP contribution >= 0.6 is 0 Å². The minimum atomic E-state index is -0.331. The lowest BCUT2D eigenvalue weighted by molar-refractivity contribution is -0.141.